The zero-order valence-electron chi connectivity index (χ0n) is 9.66. The molecule has 1 atom stereocenters. The van der Waals surface area contributed by atoms with Gasteiger partial charge in [-0.15, -0.1) is 0 Å². The lowest BCUT2D eigenvalue weighted by Gasteiger charge is -2.34. The van der Waals surface area contributed by atoms with Crippen molar-refractivity contribution in [3.05, 3.63) is 34.9 Å². The van der Waals surface area contributed by atoms with E-state index >= 15 is 0 Å². The molecule has 1 saturated heterocycles. The summed E-state index contributed by atoms with van der Waals surface area (Å²) in [4.78, 5) is 2.48. The van der Waals surface area contributed by atoms with Crippen LogP contribution in [0, 0.1) is 0 Å². The minimum Gasteiger partial charge on any atom is -0.379 e. The highest BCUT2D eigenvalue weighted by molar-refractivity contribution is 6.30. The fourth-order valence-corrected chi connectivity index (χ4v) is 2.51. The predicted octanol–water partition coefficient (Wildman–Crippen LogP) is 3.12. The van der Waals surface area contributed by atoms with Gasteiger partial charge in [0.25, 0.3) is 0 Å². The summed E-state index contributed by atoms with van der Waals surface area (Å²) in [6, 6.07) is 8.67. The number of hydrogen-bond acceptors (Lipinski definition) is 2. The third-order valence-corrected chi connectivity index (χ3v) is 3.34. The maximum atomic E-state index is 6.04. The lowest BCUT2D eigenvalue weighted by molar-refractivity contribution is 0.0152. The first kappa shape index (κ1) is 11.9. The SMILES string of the molecule is CCC(c1cccc(Cl)c1)N1CCOCC1. The highest BCUT2D eigenvalue weighted by Gasteiger charge is 2.20. The van der Waals surface area contributed by atoms with E-state index in [0.29, 0.717) is 6.04 Å². The molecular weight excluding hydrogens is 222 g/mol. The summed E-state index contributed by atoms with van der Waals surface area (Å²) in [6.07, 6.45) is 1.11. The van der Waals surface area contributed by atoms with Gasteiger partial charge in [0.05, 0.1) is 13.2 Å². The molecule has 0 N–H and O–H groups in total. The van der Waals surface area contributed by atoms with Gasteiger partial charge in [0.1, 0.15) is 0 Å². The van der Waals surface area contributed by atoms with E-state index in [9.17, 15) is 0 Å². The molecule has 16 heavy (non-hydrogen) atoms. The molecule has 1 aliphatic rings. The number of halogens is 1. The van der Waals surface area contributed by atoms with E-state index in [4.69, 9.17) is 16.3 Å². The summed E-state index contributed by atoms with van der Waals surface area (Å²) in [5.41, 5.74) is 1.32. The molecule has 1 aliphatic heterocycles. The Morgan fingerprint density at radius 1 is 1.38 bits per heavy atom. The van der Waals surface area contributed by atoms with Gasteiger partial charge in [-0.1, -0.05) is 30.7 Å². The Balaban J connectivity index is 2.14. The van der Waals surface area contributed by atoms with Gasteiger partial charge in [-0.2, -0.15) is 0 Å². The van der Waals surface area contributed by atoms with Crippen molar-refractivity contribution < 1.29 is 4.74 Å². The van der Waals surface area contributed by atoms with Crippen LogP contribution < -0.4 is 0 Å². The van der Waals surface area contributed by atoms with Crippen LogP contribution in [0.4, 0.5) is 0 Å². The number of ether oxygens (including phenoxy) is 1. The number of morpholine rings is 1. The van der Waals surface area contributed by atoms with Crippen LogP contribution in [0.15, 0.2) is 24.3 Å². The predicted molar refractivity (Wildman–Crippen MR) is 66.9 cm³/mol. The van der Waals surface area contributed by atoms with E-state index in [2.05, 4.69) is 24.0 Å². The van der Waals surface area contributed by atoms with Gasteiger partial charge in [-0.25, -0.2) is 0 Å². The second kappa shape index (κ2) is 5.67. The van der Waals surface area contributed by atoms with Crippen molar-refractivity contribution in [3.8, 4) is 0 Å². The Hall–Kier alpha value is -0.570. The van der Waals surface area contributed by atoms with Crippen LogP contribution >= 0.6 is 11.6 Å². The molecule has 2 rings (SSSR count). The fraction of sp³-hybridized carbons (Fsp3) is 0.538. The minimum absolute atomic E-state index is 0.475. The molecule has 3 heteroatoms. The highest BCUT2D eigenvalue weighted by atomic mass is 35.5. The maximum Gasteiger partial charge on any atom is 0.0594 e. The Morgan fingerprint density at radius 2 is 2.12 bits per heavy atom. The standard InChI is InChI=1S/C13H18ClNO/c1-2-13(15-6-8-16-9-7-15)11-4-3-5-12(14)10-11/h3-5,10,13H,2,6-9H2,1H3. The largest absolute Gasteiger partial charge is 0.379 e. The lowest BCUT2D eigenvalue weighted by Crippen LogP contribution is -2.38. The first-order valence-corrected chi connectivity index (χ1v) is 6.26. The minimum atomic E-state index is 0.475. The van der Waals surface area contributed by atoms with Crippen molar-refractivity contribution in [1.82, 2.24) is 4.90 Å². The van der Waals surface area contributed by atoms with Gasteiger partial charge >= 0.3 is 0 Å². The monoisotopic (exact) mass is 239 g/mol. The Labute approximate surface area is 102 Å². The first-order valence-electron chi connectivity index (χ1n) is 5.88. The molecule has 1 heterocycles. The van der Waals surface area contributed by atoms with Crippen molar-refractivity contribution in [2.75, 3.05) is 26.3 Å². The molecule has 0 aromatic heterocycles. The van der Waals surface area contributed by atoms with Crippen LogP contribution in [0.25, 0.3) is 0 Å². The molecular formula is C13H18ClNO. The average molecular weight is 240 g/mol. The molecule has 88 valence electrons. The second-order valence-electron chi connectivity index (χ2n) is 4.13. The summed E-state index contributed by atoms with van der Waals surface area (Å²) in [6.45, 7) is 5.95. The van der Waals surface area contributed by atoms with Crippen molar-refractivity contribution >= 4 is 11.6 Å². The molecule has 0 saturated carbocycles. The molecule has 0 amide bonds. The summed E-state index contributed by atoms with van der Waals surface area (Å²) < 4.78 is 5.39. The fourth-order valence-electron chi connectivity index (χ4n) is 2.31. The molecule has 2 nitrogen and oxygen atoms in total. The lowest BCUT2D eigenvalue weighted by atomic mass is 10.0. The normalized spacial score (nSPS) is 19.6. The zero-order valence-corrected chi connectivity index (χ0v) is 10.4. The quantitative estimate of drug-likeness (QED) is 0.804. The summed E-state index contributed by atoms with van der Waals surface area (Å²) in [5, 5.41) is 0.823. The zero-order chi connectivity index (χ0) is 11.4. The summed E-state index contributed by atoms with van der Waals surface area (Å²) in [5.74, 6) is 0. The molecule has 1 aromatic carbocycles. The van der Waals surface area contributed by atoms with Crippen molar-refractivity contribution in [3.63, 3.8) is 0 Å². The van der Waals surface area contributed by atoms with E-state index in [-0.39, 0.29) is 0 Å². The third-order valence-electron chi connectivity index (χ3n) is 3.11. The Bertz CT molecular complexity index is 336. The molecule has 1 unspecified atom stereocenters. The van der Waals surface area contributed by atoms with Gasteiger partial charge in [-0.3, -0.25) is 4.90 Å². The highest BCUT2D eigenvalue weighted by Crippen LogP contribution is 2.26. The van der Waals surface area contributed by atoms with Crippen LogP contribution in [0.1, 0.15) is 24.9 Å². The molecule has 0 bridgehead atoms. The molecule has 1 fully saturated rings. The smallest absolute Gasteiger partial charge is 0.0594 e. The number of benzene rings is 1. The molecule has 1 aromatic rings. The molecule has 0 aliphatic carbocycles. The summed E-state index contributed by atoms with van der Waals surface area (Å²) >= 11 is 6.04. The van der Waals surface area contributed by atoms with Crippen LogP contribution in [0.3, 0.4) is 0 Å². The van der Waals surface area contributed by atoms with Crippen molar-refractivity contribution in [2.24, 2.45) is 0 Å². The van der Waals surface area contributed by atoms with Gasteiger partial charge in [-0.05, 0) is 24.1 Å². The number of hydrogen-bond donors (Lipinski definition) is 0. The van der Waals surface area contributed by atoms with Gasteiger partial charge in [0.2, 0.25) is 0 Å². The van der Waals surface area contributed by atoms with Crippen LogP contribution in [-0.4, -0.2) is 31.2 Å². The number of nitrogens with zero attached hydrogens (tertiary/aromatic N) is 1. The van der Waals surface area contributed by atoms with Crippen molar-refractivity contribution in [1.29, 1.82) is 0 Å². The van der Waals surface area contributed by atoms with E-state index in [1.54, 1.807) is 0 Å². The van der Waals surface area contributed by atoms with Crippen LogP contribution in [-0.2, 0) is 4.74 Å². The Kier molecular flexibility index (Phi) is 4.22. The maximum absolute atomic E-state index is 6.04. The van der Waals surface area contributed by atoms with Gasteiger partial charge < -0.3 is 4.74 Å². The second-order valence-corrected chi connectivity index (χ2v) is 4.56. The molecule has 0 spiro atoms. The molecule has 0 radical (unpaired) electrons. The van der Waals surface area contributed by atoms with Gasteiger partial charge in [0.15, 0.2) is 0 Å². The topological polar surface area (TPSA) is 12.5 Å². The van der Waals surface area contributed by atoms with E-state index in [1.165, 1.54) is 5.56 Å². The Morgan fingerprint density at radius 3 is 2.75 bits per heavy atom. The van der Waals surface area contributed by atoms with E-state index in [0.717, 1.165) is 37.7 Å². The van der Waals surface area contributed by atoms with E-state index < -0.39 is 0 Å². The average Bonchev–Trinajstić information content (AvgIpc) is 2.31. The first-order chi connectivity index (χ1) is 7.81. The number of rotatable bonds is 3. The van der Waals surface area contributed by atoms with E-state index in [1.807, 2.05) is 12.1 Å². The summed E-state index contributed by atoms with van der Waals surface area (Å²) in [7, 11) is 0. The third kappa shape index (κ3) is 2.76. The van der Waals surface area contributed by atoms with Crippen molar-refractivity contribution in [2.45, 2.75) is 19.4 Å². The van der Waals surface area contributed by atoms with Gasteiger partial charge in [0, 0.05) is 24.2 Å². The van der Waals surface area contributed by atoms with Crippen LogP contribution in [0.2, 0.25) is 5.02 Å². The van der Waals surface area contributed by atoms with Crippen LogP contribution in [0.5, 0.6) is 0 Å².